The largest absolute Gasteiger partial charge is 0.352 e. The van der Waals surface area contributed by atoms with Gasteiger partial charge in [-0.3, -0.25) is 57.5 Å². The molecule has 9 N–H and O–H groups in total. The molecule has 12 atom stereocenters. The molecule has 0 spiro atoms. The van der Waals surface area contributed by atoms with E-state index >= 15 is 0 Å². The second-order valence-electron chi connectivity index (χ2n) is 31.7. The number of amides is 10. The van der Waals surface area contributed by atoms with Crippen LogP contribution in [0.5, 0.6) is 0 Å². The lowest BCUT2D eigenvalue weighted by molar-refractivity contribution is -0.142. The Kier molecular flexibility index (Phi) is 37.4. The summed E-state index contributed by atoms with van der Waals surface area (Å²) in [5.41, 5.74) is 7.28. The molecule has 10 rings (SSSR count). The van der Waals surface area contributed by atoms with Crippen molar-refractivity contribution in [2.45, 2.75) is 274 Å². The Balaban J connectivity index is 0.00000600. The number of halogens is 3. The van der Waals surface area contributed by atoms with Crippen molar-refractivity contribution < 1.29 is 57.5 Å². The van der Waals surface area contributed by atoms with Crippen molar-refractivity contribution in [3.05, 3.63) is 141 Å². The summed E-state index contributed by atoms with van der Waals surface area (Å²) in [6.45, 7) is 8.48. The van der Waals surface area contributed by atoms with E-state index < -0.39 is 60.1 Å². The fourth-order valence-corrected chi connectivity index (χ4v) is 17.0. The van der Waals surface area contributed by atoms with Gasteiger partial charge in [0, 0.05) is 68.2 Å². The van der Waals surface area contributed by atoms with E-state index in [-0.39, 0.29) is 175 Å². The molecule has 0 saturated carbocycles. The number of nitrogens with zero attached hydrogens (tertiary/aromatic N) is 3. The van der Waals surface area contributed by atoms with Gasteiger partial charge in [-0.2, -0.15) is 0 Å². The van der Waals surface area contributed by atoms with E-state index in [0.717, 1.165) is 68.9 Å². The van der Waals surface area contributed by atoms with Gasteiger partial charge < -0.3 is 62.6 Å². The Bertz CT molecular complexity index is 3570. The zero-order valence-corrected chi connectivity index (χ0v) is 69.8. The van der Waals surface area contributed by atoms with Crippen LogP contribution >= 0.6 is 37.2 Å². The highest BCUT2D eigenvalue weighted by Crippen LogP contribution is 2.37. The Morgan fingerprint density at radius 2 is 0.816 bits per heavy atom. The normalized spacial score (nSPS) is 20.3. The number of hydrogen-bond acceptors (Lipinski definition) is 14. The molecule has 27 heteroatoms. The highest BCUT2D eigenvalue weighted by Gasteiger charge is 2.43. The molecule has 4 aromatic carbocycles. The number of unbranched alkanes of at least 4 members (excludes halogenated alkanes) is 4. The maximum atomic E-state index is 14.6. The van der Waals surface area contributed by atoms with Crippen molar-refractivity contribution in [2.24, 2.45) is 5.92 Å². The molecule has 4 aromatic rings. The Morgan fingerprint density at radius 3 is 1.26 bits per heavy atom. The topological polar surface area (TPSA) is 323 Å². The van der Waals surface area contributed by atoms with Gasteiger partial charge >= 0.3 is 0 Å². The summed E-state index contributed by atoms with van der Waals surface area (Å²) in [6, 6.07) is 22.5. The molecule has 0 unspecified atom stereocenters. The SMILES string of the molecule is CC[C@@H](C)C(=O)N[C@@H](CCCCCC(=O)c1cc(C(=O)NCCCC[C@H](NC(=O)[C@H](C)NC)C(=O)N2CCC[C@H]2C(=O)C[C@@H]2CCCc3ccccc32)cc(C(=O)NCCCC[C@H](NC(=O)[C@H](C)NC)C(=O)N2CCC[C@H]2C(=O)N[C@@H]2CCCc3ccccc32)c1)C(=O)N1CCC[C@H]1C(=O)N[C@@H]1CCCc2ccccc21.Cl.Cl.Cl. The number of hydrogen-bond donors (Lipinski definition) is 9. The first-order valence-corrected chi connectivity index (χ1v) is 41.4. The molecule has 3 saturated heterocycles. The molecule has 3 heterocycles. The Morgan fingerprint density at radius 1 is 0.430 bits per heavy atom. The number of carbonyl (C=O) groups excluding carboxylic acids is 12. The van der Waals surface area contributed by atoms with E-state index in [2.05, 4.69) is 72.1 Å². The third kappa shape index (κ3) is 24.6. The zero-order chi connectivity index (χ0) is 79.1. The second kappa shape index (κ2) is 45.9. The predicted octanol–water partition coefficient (Wildman–Crippen LogP) is 10.0. The Hall–Kier alpha value is -8.29. The number of Topliss-reactive ketones (excluding diaryl/α,β-unsaturated/α-hetero) is 2. The highest BCUT2D eigenvalue weighted by atomic mass is 35.5. The minimum absolute atomic E-state index is 0. The van der Waals surface area contributed by atoms with Crippen LogP contribution in [0.15, 0.2) is 91.0 Å². The third-order valence-electron chi connectivity index (χ3n) is 24.0. The quantitative estimate of drug-likeness (QED) is 0.0149. The van der Waals surface area contributed by atoms with E-state index in [0.29, 0.717) is 116 Å². The van der Waals surface area contributed by atoms with Crippen LogP contribution in [0.25, 0.3) is 0 Å². The van der Waals surface area contributed by atoms with Crippen LogP contribution in [0.3, 0.4) is 0 Å². The molecule has 3 aliphatic heterocycles. The molecule has 624 valence electrons. The van der Waals surface area contributed by atoms with E-state index in [1.807, 2.05) is 55.5 Å². The van der Waals surface area contributed by atoms with Crippen LogP contribution < -0.4 is 47.9 Å². The van der Waals surface area contributed by atoms with Crippen molar-refractivity contribution >= 4 is 108 Å². The van der Waals surface area contributed by atoms with Crippen LogP contribution in [-0.4, -0.2) is 180 Å². The number of aryl methyl sites for hydroxylation is 3. The minimum Gasteiger partial charge on any atom is -0.352 e. The molecular weight excluding hydrogens is 1510 g/mol. The van der Waals surface area contributed by atoms with Crippen molar-refractivity contribution in [2.75, 3.05) is 46.8 Å². The van der Waals surface area contributed by atoms with E-state index in [1.165, 1.54) is 40.5 Å². The van der Waals surface area contributed by atoms with Crippen LogP contribution in [0.4, 0.5) is 0 Å². The van der Waals surface area contributed by atoms with Crippen molar-refractivity contribution in [1.82, 2.24) is 62.6 Å². The lowest BCUT2D eigenvalue weighted by Gasteiger charge is -2.32. The number of rotatable bonds is 38. The van der Waals surface area contributed by atoms with Gasteiger partial charge in [0.1, 0.15) is 30.2 Å². The van der Waals surface area contributed by atoms with Gasteiger partial charge in [-0.15, -0.1) is 37.2 Å². The van der Waals surface area contributed by atoms with Crippen molar-refractivity contribution in [3.8, 4) is 0 Å². The molecule has 10 amide bonds. The third-order valence-corrected chi connectivity index (χ3v) is 24.0. The van der Waals surface area contributed by atoms with Gasteiger partial charge in [0.05, 0.1) is 30.2 Å². The summed E-state index contributed by atoms with van der Waals surface area (Å²) in [5.74, 6) is -4.15. The van der Waals surface area contributed by atoms with Crippen LogP contribution in [0.1, 0.15) is 271 Å². The molecule has 114 heavy (non-hydrogen) atoms. The smallest absolute Gasteiger partial charge is 0.251 e. The lowest BCUT2D eigenvalue weighted by atomic mass is 9.79. The summed E-state index contributed by atoms with van der Waals surface area (Å²) in [7, 11) is 3.31. The summed E-state index contributed by atoms with van der Waals surface area (Å²) < 4.78 is 0. The maximum Gasteiger partial charge on any atom is 0.251 e. The van der Waals surface area contributed by atoms with Gasteiger partial charge in [-0.1, -0.05) is 99.5 Å². The monoisotopic (exact) mass is 1630 g/mol. The molecule has 0 bridgehead atoms. The standard InChI is InChI=1S/C87H120N12O12.3ClH/c1-7-55(2)78(102)94-70(86(110)98-49-25-43-74(98)83(107)92-68-40-22-31-59-28-12-15-35-66(59)68)37-9-8-10-45-76(100)62-51-63(81(105)90-46-19-17-38-71(95-79(103)56(3)88-5)85(109)97-48-24-42-73(97)77(101)54-61-33-21-30-58-27-11-14-34-65(58)61)53-64(52-62)82(106)91-47-20-18-39-72(96-80(104)57(4)89-6)87(111)99-50-26-44-75(99)84(108)93-69-41-23-32-60-29-13-16-36-67(60)69;;;/h11-16,27-29,34-36,51-53,55-57,61,68-75,88-89H,7-10,17-26,30-33,37-50,54H2,1-6H3,(H,90,105)(H,91,106)(H,92,107)(H,93,108)(H,94,102)(H,95,103)(H,96,104);3*1H/t55-,56+,57+,61+,68-,69-,70+,71+,72+,73+,74+,75+;;;/m1.../s1. The summed E-state index contributed by atoms with van der Waals surface area (Å²) >= 11 is 0. The van der Waals surface area contributed by atoms with Gasteiger partial charge in [-0.25, -0.2) is 0 Å². The lowest BCUT2D eigenvalue weighted by Crippen LogP contribution is -2.55. The average Bonchev–Trinajstić information content (AvgIpc) is 1.57. The number of nitrogens with one attached hydrogen (secondary N) is 9. The fraction of sp³-hybridized carbons (Fsp3) is 0.586. The van der Waals surface area contributed by atoms with Crippen molar-refractivity contribution in [1.29, 1.82) is 0 Å². The number of likely N-dealkylation sites (tertiary alicyclic amines) is 3. The van der Waals surface area contributed by atoms with Crippen molar-refractivity contribution in [3.63, 3.8) is 0 Å². The van der Waals surface area contributed by atoms with Gasteiger partial charge in [0.2, 0.25) is 47.3 Å². The molecular formula is C87H123Cl3N12O12. The average molecular weight is 1640 g/mol. The summed E-state index contributed by atoms with van der Waals surface area (Å²) in [5, 5.41) is 27.1. The summed E-state index contributed by atoms with van der Waals surface area (Å²) in [4.78, 5) is 174. The first kappa shape index (κ1) is 92.9. The van der Waals surface area contributed by atoms with Gasteiger partial charge in [-0.05, 0) is 240 Å². The van der Waals surface area contributed by atoms with E-state index in [9.17, 15) is 57.5 Å². The molecule has 24 nitrogen and oxygen atoms in total. The zero-order valence-electron chi connectivity index (χ0n) is 67.4. The number of fused-ring (bicyclic) bond motifs is 3. The number of ketones is 2. The molecule has 3 aliphatic carbocycles. The second-order valence-corrected chi connectivity index (χ2v) is 31.7. The Labute approximate surface area is 691 Å². The van der Waals surface area contributed by atoms with E-state index in [1.54, 1.807) is 49.6 Å². The molecule has 0 aromatic heterocycles. The van der Waals surface area contributed by atoms with Gasteiger partial charge in [0.15, 0.2) is 11.6 Å². The highest BCUT2D eigenvalue weighted by molar-refractivity contribution is 6.05. The minimum atomic E-state index is -0.962. The van der Waals surface area contributed by atoms with E-state index in [4.69, 9.17) is 0 Å². The summed E-state index contributed by atoms with van der Waals surface area (Å²) in [6.07, 6.45) is 16.1. The van der Waals surface area contributed by atoms with Crippen LogP contribution in [0, 0.1) is 5.92 Å². The number of benzene rings is 4. The number of likely N-dealkylation sites (N-methyl/N-ethyl adjacent to an activating group) is 2. The number of carbonyl (C=O) groups is 12. The maximum absolute atomic E-state index is 14.6. The van der Waals surface area contributed by atoms with Crippen LogP contribution in [-0.2, 0) is 62.4 Å². The molecule has 0 radical (unpaired) electrons. The first-order chi connectivity index (χ1) is 53.7. The van der Waals surface area contributed by atoms with Gasteiger partial charge in [0.25, 0.3) is 11.8 Å². The molecule has 3 fully saturated rings. The fourth-order valence-electron chi connectivity index (χ4n) is 17.0. The van der Waals surface area contributed by atoms with Crippen LogP contribution in [0.2, 0.25) is 0 Å². The predicted molar refractivity (Wildman–Crippen MR) is 447 cm³/mol. The molecule has 6 aliphatic rings. The first-order valence-electron chi connectivity index (χ1n) is 41.4.